The third-order valence-electron chi connectivity index (χ3n) is 5.42. The Balaban J connectivity index is 1.51. The molecule has 2 aliphatic rings. The zero-order valence-electron chi connectivity index (χ0n) is 15.3. The van der Waals surface area contributed by atoms with E-state index in [1.807, 2.05) is 12.1 Å². The van der Waals surface area contributed by atoms with Crippen LogP contribution in [0.2, 0.25) is 0 Å². The number of nitrogens with one attached hydrogen (secondary N) is 1. The summed E-state index contributed by atoms with van der Waals surface area (Å²) in [5, 5.41) is 13.5. The van der Waals surface area contributed by atoms with Gasteiger partial charge in [-0.1, -0.05) is 25.0 Å². The summed E-state index contributed by atoms with van der Waals surface area (Å²) in [4.78, 5) is 15.9. The molecule has 2 N–H and O–H groups in total. The number of piperidine rings is 1. The van der Waals surface area contributed by atoms with E-state index in [9.17, 15) is 9.90 Å². The first-order chi connectivity index (χ1) is 12.1. The second-order valence-corrected chi connectivity index (χ2v) is 7.49. The third-order valence-corrected chi connectivity index (χ3v) is 5.42. The van der Waals surface area contributed by atoms with Crippen LogP contribution in [0.1, 0.15) is 44.6 Å². The highest BCUT2D eigenvalue weighted by Crippen LogP contribution is 2.22. The number of carbonyl (C=O) groups is 1. The molecule has 0 unspecified atom stereocenters. The van der Waals surface area contributed by atoms with Crippen molar-refractivity contribution in [2.24, 2.45) is 0 Å². The van der Waals surface area contributed by atoms with Crippen molar-refractivity contribution in [3.63, 3.8) is 0 Å². The molecule has 1 amide bonds. The highest BCUT2D eigenvalue weighted by atomic mass is 16.3. The van der Waals surface area contributed by atoms with Gasteiger partial charge in [0.1, 0.15) is 0 Å². The zero-order chi connectivity index (χ0) is 17.6. The van der Waals surface area contributed by atoms with Gasteiger partial charge in [0.2, 0.25) is 5.91 Å². The summed E-state index contributed by atoms with van der Waals surface area (Å²) >= 11 is 0. The number of rotatable bonds is 4. The van der Waals surface area contributed by atoms with Crippen molar-refractivity contribution in [3.05, 3.63) is 29.8 Å². The minimum Gasteiger partial charge on any atom is -0.390 e. The lowest BCUT2D eigenvalue weighted by molar-refractivity contribution is -0.114. The highest BCUT2D eigenvalue weighted by molar-refractivity contribution is 5.88. The summed E-state index contributed by atoms with van der Waals surface area (Å²) < 4.78 is 0. The summed E-state index contributed by atoms with van der Waals surface area (Å²) in [5.74, 6) is -0.0496. The second kappa shape index (κ2) is 8.79. The van der Waals surface area contributed by atoms with Gasteiger partial charge in [-0.15, -0.1) is 0 Å². The molecule has 25 heavy (non-hydrogen) atoms. The number of hydrogen-bond donors (Lipinski definition) is 2. The lowest BCUT2D eigenvalue weighted by Crippen LogP contribution is -2.54. The maximum absolute atomic E-state index is 11.1. The van der Waals surface area contributed by atoms with E-state index in [1.54, 1.807) is 0 Å². The van der Waals surface area contributed by atoms with Gasteiger partial charge in [-0.05, 0) is 50.0 Å². The predicted molar refractivity (Wildman–Crippen MR) is 100 cm³/mol. The van der Waals surface area contributed by atoms with Crippen LogP contribution >= 0.6 is 0 Å². The molecule has 5 nitrogen and oxygen atoms in total. The molecular formula is C20H31N3O2. The summed E-state index contributed by atoms with van der Waals surface area (Å²) in [5.41, 5.74) is 2.05. The van der Waals surface area contributed by atoms with Gasteiger partial charge in [0.05, 0.1) is 6.10 Å². The van der Waals surface area contributed by atoms with Gasteiger partial charge in [0.25, 0.3) is 0 Å². The maximum Gasteiger partial charge on any atom is 0.221 e. The molecular weight excluding hydrogens is 314 g/mol. The molecule has 0 radical (unpaired) electrons. The van der Waals surface area contributed by atoms with Crippen LogP contribution in [0.15, 0.2) is 24.3 Å². The third kappa shape index (κ3) is 5.27. The van der Waals surface area contributed by atoms with Crippen molar-refractivity contribution in [3.8, 4) is 0 Å². The van der Waals surface area contributed by atoms with E-state index in [2.05, 4.69) is 27.2 Å². The van der Waals surface area contributed by atoms with E-state index >= 15 is 0 Å². The van der Waals surface area contributed by atoms with E-state index < -0.39 is 0 Å². The van der Waals surface area contributed by atoms with Gasteiger partial charge in [-0.3, -0.25) is 14.6 Å². The Labute approximate surface area is 151 Å². The maximum atomic E-state index is 11.1. The van der Waals surface area contributed by atoms with Crippen LogP contribution in [0, 0.1) is 0 Å². The van der Waals surface area contributed by atoms with Crippen molar-refractivity contribution in [2.75, 3.05) is 31.5 Å². The predicted octanol–water partition coefficient (Wildman–Crippen LogP) is 2.46. The van der Waals surface area contributed by atoms with Crippen LogP contribution < -0.4 is 5.32 Å². The van der Waals surface area contributed by atoms with Gasteiger partial charge in [0.15, 0.2) is 0 Å². The highest BCUT2D eigenvalue weighted by Gasteiger charge is 2.32. The number of likely N-dealkylation sites (tertiary alicyclic amines) is 2. The van der Waals surface area contributed by atoms with Gasteiger partial charge in [0, 0.05) is 38.3 Å². The quantitative estimate of drug-likeness (QED) is 0.880. The SMILES string of the molecule is CC(=O)Nc1ccc(CN2CC[C@@H](N3CCCCCC3)[C@H](O)C2)cc1. The molecule has 2 heterocycles. The van der Waals surface area contributed by atoms with E-state index in [-0.39, 0.29) is 12.0 Å². The molecule has 0 aliphatic carbocycles. The van der Waals surface area contributed by atoms with E-state index in [4.69, 9.17) is 0 Å². The van der Waals surface area contributed by atoms with Crippen molar-refractivity contribution >= 4 is 11.6 Å². The van der Waals surface area contributed by atoms with Gasteiger partial charge < -0.3 is 10.4 Å². The molecule has 1 aromatic carbocycles. The molecule has 2 atom stereocenters. The average molecular weight is 345 g/mol. The summed E-state index contributed by atoms with van der Waals surface area (Å²) in [6, 6.07) is 8.32. The number of β-amino-alcohol motifs (C(OH)–C–C–N with tert-alkyl or cyclic N) is 1. The molecule has 138 valence electrons. The first kappa shape index (κ1) is 18.4. The minimum atomic E-state index is -0.259. The molecule has 2 fully saturated rings. The number of carbonyl (C=O) groups excluding carboxylic acids is 1. The van der Waals surface area contributed by atoms with E-state index in [0.29, 0.717) is 6.04 Å². The Morgan fingerprint density at radius 2 is 1.80 bits per heavy atom. The first-order valence-corrected chi connectivity index (χ1v) is 9.63. The fourth-order valence-electron chi connectivity index (χ4n) is 4.14. The van der Waals surface area contributed by atoms with Crippen LogP contribution in [-0.4, -0.2) is 59.1 Å². The lowest BCUT2D eigenvalue weighted by atomic mass is 9.99. The number of amides is 1. The van der Waals surface area contributed by atoms with Crippen LogP contribution in [0.5, 0.6) is 0 Å². The lowest BCUT2D eigenvalue weighted by Gasteiger charge is -2.41. The smallest absolute Gasteiger partial charge is 0.221 e. The number of aliphatic hydroxyl groups excluding tert-OH is 1. The molecule has 0 aromatic heterocycles. The molecule has 0 bridgehead atoms. The van der Waals surface area contributed by atoms with Crippen LogP contribution in [-0.2, 0) is 11.3 Å². The average Bonchev–Trinajstić information content (AvgIpc) is 2.85. The van der Waals surface area contributed by atoms with Crippen LogP contribution in [0.25, 0.3) is 0 Å². The number of nitrogens with zero attached hydrogens (tertiary/aromatic N) is 2. The summed E-state index contributed by atoms with van der Waals surface area (Å²) in [7, 11) is 0. The molecule has 3 rings (SSSR count). The van der Waals surface area contributed by atoms with Crippen molar-refractivity contribution < 1.29 is 9.90 Å². The fourth-order valence-corrected chi connectivity index (χ4v) is 4.14. The van der Waals surface area contributed by atoms with Crippen LogP contribution in [0.3, 0.4) is 0 Å². The van der Waals surface area contributed by atoms with Gasteiger partial charge in [-0.2, -0.15) is 0 Å². The zero-order valence-corrected chi connectivity index (χ0v) is 15.3. The topological polar surface area (TPSA) is 55.8 Å². The molecule has 0 spiro atoms. The summed E-state index contributed by atoms with van der Waals surface area (Å²) in [6.45, 7) is 6.44. The minimum absolute atomic E-state index is 0.0496. The number of benzene rings is 1. The van der Waals surface area contributed by atoms with Gasteiger partial charge in [-0.25, -0.2) is 0 Å². The first-order valence-electron chi connectivity index (χ1n) is 9.63. The number of hydrogen-bond acceptors (Lipinski definition) is 4. The molecule has 2 saturated heterocycles. The second-order valence-electron chi connectivity index (χ2n) is 7.49. The van der Waals surface area contributed by atoms with Gasteiger partial charge >= 0.3 is 0 Å². The number of aliphatic hydroxyl groups is 1. The Morgan fingerprint density at radius 1 is 1.12 bits per heavy atom. The Morgan fingerprint density at radius 3 is 2.40 bits per heavy atom. The Bertz CT molecular complexity index is 553. The largest absolute Gasteiger partial charge is 0.390 e. The molecule has 5 heteroatoms. The molecule has 1 aromatic rings. The Kier molecular flexibility index (Phi) is 6.45. The van der Waals surface area contributed by atoms with Crippen LogP contribution in [0.4, 0.5) is 5.69 Å². The van der Waals surface area contributed by atoms with E-state index in [1.165, 1.54) is 38.2 Å². The van der Waals surface area contributed by atoms with Crippen molar-refractivity contribution in [1.82, 2.24) is 9.80 Å². The fraction of sp³-hybridized carbons (Fsp3) is 0.650. The number of anilines is 1. The van der Waals surface area contributed by atoms with E-state index in [0.717, 1.165) is 44.8 Å². The summed E-state index contributed by atoms with van der Waals surface area (Å²) in [6.07, 6.45) is 6.00. The molecule has 0 saturated carbocycles. The van der Waals surface area contributed by atoms with Crippen molar-refractivity contribution in [1.29, 1.82) is 0 Å². The van der Waals surface area contributed by atoms with Crippen molar-refractivity contribution in [2.45, 2.75) is 57.7 Å². The molecule has 2 aliphatic heterocycles. The Hall–Kier alpha value is -1.43. The monoisotopic (exact) mass is 345 g/mol. The normalized spacial score (nSPS) is 26.2. The standard InChI is InChI=1S/C20H31N3O2/c1-16(24)21-18-8-6-17(7-9-18)14-22-13-10-19(20(25)15-22)23-11-4-2-3-5-12-23/h6-9,19-20,25H,2-5,10-15H2,1H3,(H,21,24)/t19-,20-/m1/s1.